The second-order valence-electron chi connectivity index (χ2n) is 4.15. The van der Waals surface area contributed by atoms with Gasteiger partial charge in [0.2, 0.25) is 0 Å². The molecule has 0 saturated carbocycles. The lowest BCUT2D eigenvalue weighted by atomic mass is 10.0. The largest absolute Gasteiger partial charge is 0.699 e. The lowest BCUT2D eigenvalue weighted by Crippen LogP contribution is -2.03. The molecule has 0 aliphatic carbocycles. The van der Waals surface area contributed by atoms with Gasteiger partial charge in [-0.2, -0.15) is 0 Å². The van der Waals surface area contributed by atoms with Gasteiger partial charge in [-0.05, 0) is 18.1 Å². The SMILES string of the molecule is COC(c1ccc(C)cc1)c1ccc([NH-])cc1. The maximum absolute atomic E-state index is 7.48. The minimum absolute atomic E-state index is 0.0591. The highest BCUT2D eigenvalue weighted by atomic mass is 16.5. The number of ether oxygens (including phenoxy) is 1. The van der Waals surface area contributed by atoms with E-state index in [0.717, 1.165) is 11.1 Å². The number of hydrogen-bond acceptors (Lipinski definition) is 1. The van der Waals surface area contributed by atoms with Crippen molar-refractivity contribution in [3.63, 3.8) is 0 Å². The van der Waals surface area contributed by atoms with Gasteiger partial charge in [0.05, 0.1) is 0 Å². The number of nitrogens with one attached hydrogen (secondary N) is 1. The van der Waals surface area contributed by atoms with Crippen LogP contribution in [0.2, 0.25) is 0 Å². The smallest absolute Gasteiger partial charge is 0.107 e. The van der Waals surface area contributed by atoms with E-state index in [-0.39, 0.29) is 6.10 Å². The molecule has 0 spiro atoms. The van der Waals surface area contributed by atoms with Crippen LogP contribution in [-0.2, 0) is 4.74 Å². The number of methoxy groups -OCH3 is 1. The topological polar surface area (TPSA) is 33.0 Å². The zero-order chi connectivity index (χ0) is 12.3. The van der Waals surface area contributed by atoms with Gasteiger partial charge in [0.25, 0.3) is 0 Å². The molecule has 0 saturated heterocycles. The van der Waals surface area contributed by atoms with Crippen molar-refractivity contribution >= 4 is 5.69 Å². The van der Waals surface area contributed by atoms with Crippen molar-refractivity contribution in [3.05, 3.63) is 71.0 Å². The van der Waals surface area contributed by atoms with E-state index in [1.165, 1.54) is 5.56 Å². The molecule has 0 bridgehead atoms. The maximum Gasteiger partial charge on any atom is 0.107 e. The molecule has 2 rings (SSSR count). The number of benzene rings is 2. The quantitative estimate of drug-likeness (QED) is 0.762. The highest BCUT2D eigenvalue weighted by molar-refractivity contribution is 5.45. The zero-order valence-corrected chi connectivity index (χ0v) is 10.1. The monoisotopic (exact) mass is 226 g/mol. The summed E-state index contributed by atoms with van der Waals surface area (Å²) in [6.07, 6.45) is -0.0591. The molecule has 2 nitrogen and oxygen atoms in total. The highest BCUT2D eigenvalue weighted by Gasteiger charge is 2.11. The number of hydrogen-bond donors (Lipinski definition) is 0. The first kappa shape index (κ1) is 11.7. The Hall–Kier alpha value is -1.80. The van der Waals surface area contributed by atoms with Crippen LogP contribution in [0.15, 0.2) is 48.5 Å². The van der Waals surface area contributed by atoms with Crippen molar-refractivity contribution < 1.29 is 4.74 Å². The minimum atomic E-state index is -0.0591. The van der Waals surface area contributed by atoms with Crippen LogP contribution in [-0.4, -0.2) is 7.11 Å². The van der Waals surface area contributed by atoms with Crippen LogP contribution in [0.1, 0.15) is 22.8 Å². The molecule has 0 aliphatic heterocycles. The fourth-order valence-corrected chi connectivity index (χ4v) is 1.86. The molecule has 0 fully saturated rings. The zero-order valence-electron chi connectivity index (χ0n) is 10.1. The number of rotatable bonds is 3. The average molecular weight is 226 g/mol. The standard InChI is InChI=1S/C15H16NO/c1-11-3-5-12(6-4-11)15(17-2)13-7-9-14(16)10-8-13/h3-10,15-16H,1-2H3/q-1. The Morgan fingerprint density at radius 3 is 1.82 bits per heavy atom. The van der Waals surface area contributed by atoms with Crippen LogP contribution in [0.3, 0.4) is 0 Å². The third-order valence-corrected chi connectivity index (χ3v) is 2.83. The first-order chi connectivity index (χ1) is 8.20. The first-order valence-electron chi connectivity index (χ1n) is 5.61. The Morgan fingerprint density at radius 2 is 1.35 bits per heavy atom. The Morgan fingerprint density at radius 1 is 0.882 bits per heavy atom. The van der Waals surface area contributed by atoms with Crippen molar-refractivity contribution in [2.45, 2.75) is 13.0 Å². The van der Waals surface area contributed by atoms with Crippen molar-refractivity contribution in [2.75, 3.05) is 7.11 Å². The Bertz CT molecular complexity index is 428. The summed E-state index contributed by atoms with van der Waals surface area (Å²) in [6, 6.07) is 15.8. The fraction of sp³-hybridized carbons (Fsp3) is 0.200. The van der Waals surface area contributed by atoms with E-state index < -0.39 is 0 Å². The summed E-state index contributed by atoms with van der Waals surface area (Å²) in [4.78, 5) is 0. The summed E-state index contributed by atoms with van der Waals surface area (Å²) in [5.74, 6) is 0. The van der Waals surface area contributed by atoms with Gasteiger partial charge in [-0.25, -0.2) is 0 Å². The predicted octanol–water partition coefficient (Wildman–Crippen LogP) is 4.41. The summed E-state index contributed by atoms with van der Waals surface area (Å²) in [7, 11) is 1.71. The molecule has 1 N–H and O–H groups in total. The summed E-state index contributed by atoms with van der Waals surface area (Å²) >= 11 is 0. The van der Waals surface area contributed by atoms with Gasteiger partial charge in [-0.15, -0.1) is 5.69 Å². The average Bonchev–Trinajstić information content (AvgIpc) is 2.35. The minimum Gasteiger partial charge on any atom is -0.699 e. The Balaban J connectivity index is 2.33. The van der Waals surface area contributed by atoms with Gasteiger partial charge in [-0.1, -0.05) is 54.1 Å². The van der Waals surface area contributed by atoms with Crippen molar-refractivity contribution in [1.82, 2.24) is 0 Å². The van der Waals surface area contributed by atoms with Crippen molar-refractivity contribution in [3.8, 4) is 0 Å². The molecular formula is C15H16NO-. The molecule has 88 valence electrons. The third-order valence-electron chi connectivity index (χ3n) is 2.83. The van der Waals surface area contributed by atoms with E-state index in [4.69, 9.17) is 10.5 Å². The molecule has 1 atom stereocenters. The van der Waals surface area contributed by atoms with E-state index in [9.17, 15) is 0 Å². The lowest BCUT2D eigenvalue weighted by molar-refractivity contribution is 0.136. The normalized spacial score (nSPS) is 12.4. The number of aryl methyl sites for hydroxylation is 1. The van der Waals surface area contributed by atoms with E-state index in [0.29, 0.717) is 5.69 Å². The van der Waals surface area contributed by atoms with Crippen LogP contribution in [0.4, 0.5) is 5.69 Å². The van der Waals surface area contributed by atoms with Crippen LogP contribution in [0.5, 0.6) is 0 Å². The highest BCUT2D eigenvalue weighted by Crippen LogP contribution is 2.26. The maximum atomic E-state index is 7.48. The molecule has 2 heteroatoms. The molecule has 17 heavy (non-hydrogen) atoms. The Labute approximate surface area is 102 Å². The fourth-order valence-electron chi connectivity index (χ4n) is 1.86. The molecule has 2 aromatic carbocycles. The van der Waals surface area contributed by atoms with Gasteiger partial charge in [0.15, 0.2) is 0 Å². The van der Waals surface area contributed by atoms with Gasteiger partial charge >= 0.3 is 0 Å². The van der Waals surface area contributed by atoms with Crippen LogP contribution in [0, 0.1) is 6.92 Å². The first-order valence-corrected chi connectivity index (χ1v) is 5.61. The molecule has 1 unspecified atom stereocenters. The summed E-state index contributed by atoms with van der Waals surface area (Å²) in [5.41, 5.74) is 11.5. The molecule has 0 amide bonds. The van der Waals surface area contributed by atoms with Crippen LogP contribution < -0.4 is 0 Å². The molecular weight excluding hydrogens is 210 g/mol. The van der Waals surface area contributed by atoms with Gasteiger partial charge in [0, 0.05) is 7.11 Å². The molecule has 0 radical (unpaired) electrons. The summed E-state index contributed by atoms with van der Waals surface area (Å²) < 4.78 is 5.54. The third kappa shape index (κ3) is 2.66. The second kappa shape index (κ2) is 5.02. The predicted molar refractivity (Wildman–Crippen MR) is 70.5 cm³/mol. The molecule has 0 heterocycles. The van der Waals surface area contributed by atoms with E-state index in [1.807, 2.05) is 12.1 Å². The molecule has 2 aromatic rings. The van der Waals surface area contributed by atoms with Crippen LogP contribution >= 0.6 is 0 Å². The van der Waals surface area contributed by atoms with Crippen molar-refractivity contribution in [1.29, 1.82) is 0 Å². The van der Waals surface area contributed by atoms with Gasteiger partial charge in [-0.3, -0.25) is 0 Å². The second-order valence-corrected chi connectivity index (χ2v) is 4.15. The van der Waals surface area contributed by atoms with Gasteiger partial charge < -0.3 is 10.5 Å². The Kier molecular flexibility index (Phi) is 3.45. The van der Waals surface area contributed by atoms with E-state index in [2.05, 4.69) is 31.2 Å². The summed E-state index contributed by atoms with van der Waals surface area (Å²) in [6.45, 7) is 2.07. The van der Waals surface area contributed by atoms with Crippen molar-refractivity contribution in [2.24, 2.45) is 0 Å². The lowest BCUT2D eigenvalue weighted by Gasteiger charge is -2.17. The van der Waals surface area contributed by atoms with E-state index in [1.54, 1.807) is 19.2 Å². The molecule has 0 aliphatic rings. The summed E-state index contributed by atoms with van der Waals surface area (Å²) in [5, 5.41) is 0. The molecule has 0 aromatic heterocycles. The van der Waals surface area contributed by atoms with E-state index >= 15 is 0 Å². The van der Waals surface area contributed by atoms with Crippen LogP contribution in [0.25, 0.3) is 5.73 Å². The van der Waals surface area contributed by atoms with Gasteiger partial charge in [0.1, 0.15) is 6.10 Å².